The average molecular weight is 274 g/mol. The van der Waals surface area contributed by atoms with Gasteiger partial charge < -0.3 is 10.3 Å². The number of hydrogen-bond donors (Lipinski definition) is 2. The summed E-state index contributed by atoms with van der Waals surface area (Å²) in [5.41, 5.74) is 0. The van der Waals surface area contributed by atoms with Gasteiger partial charge in [0.1, 0.15) is 5.03 Å². The molecule has 0 saturated heterocycles. The van der Waals surface area contributed by atoms with E-state index in [1.54, 1.807) is 30.4 Å². The molecule has 1 aromatic heterocycles. The summed E-state index contributed by atoms with van der Waals surface area (Å²) in [6.07, 6.45) is 7.21. The van der Waals surface area contributed by atoms with Crippen molar-refractivity contribution < 1.29 is 4.92 Å². The molecule has 0 aliphatic rings. The van der Waals surface area contributed by atoms with E-state index in [1.807, 2.05) is 0 Å². The van der Waals surface area contributed by atoms with Crippen molar-refractivity contribution >= 4 is 23.5 Å². The van der Waals surface area contributed by atoms with E-state index >= 15 is 0 Å². The van der Waals surface area contributed by atoms with E-state index in [-0.39, 0.29) is 0 Å². The van der Waals surface area contributed by atoms with Crippen molar-refractivity contribution in [2.75, 3.05) is 18.6 Å². The lowest BCUT2D eigenvalue weighted by molar-refractivity contribution is -0.403. The first kappa shape index (κ1) is 13.9. The zero-order chi connectivity index (χ0) is 12.5. The Bertz CT molecular complexity index is 367. The molecule has 1 heterocycles. The Morgan fingerprint density at radius 2 is 2.59 bits per heavy atom. The van der Waals surface area contributed by atoms with Gasteiger partial charge >= 0.3 is 0 Å². The molecule has 0 radical (unpaired) electrons. The molecule has 0 aliphatic carbocycles. The Morgan fingerprint density at radius 1 is 1.76 bits per heavy atom. The van der Waals surface area contributed by atoms with Crippen LogP contribution in [0.4, 0.5) is 0 Å². The van der Waals surface area contributed by atoms with Gasteiger partial charge in [-0.3, -0.25) is 10.1 Å². The third-order valence-electron chi connectivity index (χ3n) is 1.77. The molecule has 17 heavy (non-hydrogen) atoms. The second kappa shape index (κ2) is 8.02. The van der Waals surface area contributed by atoms with E-state index in [4.69, 9.17) is 0 Å². The van der Waals surface area contributed by atoms with Crippen molar-refractivity contribution in [2.45, 2.75) is 11.6 Å². The number of nitrogens with zero attached hydrogens (tertiary/aromatic N) is 2. The second-order valence-corrected chi connectivity index (χ2v) is 4.94. The van der Waals surface area contributed by atoms with Gasteiger partial charge in [-0.1, -0.05) is 11.8 Å². The molecule has 8 heteroatoms. The molecule has 0 amide bonds. The zero-order valence-electron chi connectivity index (χ0n) is 9.38. The molecule has 0 aliphatic heterocycles. The van der Waals surface area contributed by atoms with Gasteiger partial charge in [-0.15, -0.1) is 11.8 Å². The van der Waals surface area contributed by atoms with Crippen molar-refractivity contribution in [3.05, 3.63) is 33.7 Å². The molecule has 6 nitrogen and oxygen atoms in total. The Morgan fingerprint density at radius 3 is 3.18 bits per heavy atom. The third kappa shape index (κ3) is 6.22. The molecule has 0 atom stereocenters. The Balaban J connectivity index is 2.13. The molecule has 0 fully saturated rings. The number of nitro groups is 1. The second-order valence-electron chi connectivity index (χ2n) is 3.01. The van der Waals surface area contributed by atoms with Crippen molar-refractivity contribution in [2.24, 2.45) is 0 Å². The fraction of sp³-hybridized carbons (Fsp3) is 0.444. The lowest BCUT2D eigenvalue weighted by atomic mass is 10.5. The molecule has 1 aromatic rings. The predicted octanol–water partition coefficient (Wildman–Crippen LogP) is 1.92. The molecule has 0 saturated carbocycles. The van der Waals surface area contributed by atoms with Gasteiger partial charge in [-0.05, 0) is 12.7 Å². The maximum atomic E-state index is 10.3. The SMILES string of the molecule is CS/C(=C/[N+](=O)[O-])NCCCSc1ncc[nH]1. The number of rotatable bonds is 8. The van der Waals surface area contributed by atoms with Crippen LogP contribution in [0.15, 0.2) is 28.8 Å². The predicted molar refractivity (Wildman–Crippen MR) is 70.5 cm³/mol. The van der Waals surface area contributed by atoms with Crippen LogP contribution < -0.4 is 5.32 Å². The molecule has 0 bridgehead atoms. The maximum absolute atomic E-state index is 10.3. The lowest BCUT2D eigenvalue weighted by Crippen LogP contribution is -2.14. The molecule has 0 spiro atoms. The van der Waals surface area contributed by atoms with E-state index in [0.29, 0.717) is 11.6 Å². The highest BCUT2D eigenvalue weighted by Gasteiger charge is 2.00. The summed E-state index contributed by atoms with van der Waals surface area (Å²) in [6.45, 7) is 0.716. The van der Waals surface area contributed by atoms with E-state index in [1.165, 1.54) is 11.8 Å². The normalized spacial score (nSPS) is 11.5. The maximum Gasteiger partial charge on any atom is 0.263 e. The van der Waals surface area contributed by atoms with Crippen molar-refractivity contribution in [1.82, 2.24) is 15.3 Å². The van der Waals surface area contributed by atoms with Gasteiger partial charge in [-0.2, -0.15) is 0 Å². The smallest absolute Gasteiger partial charge is 0.263 e. The Hall–Kier alpha value is -1.15. The van der Waals surface area contributed by atoms with E-state index in [0.717, 1.165) is 23.5 Å². The molecule has 0 aromatic carbocycles. The first-order valence-electron chi connectivity index (χ1n) is 4.97. The topological polar surface area (TPSA) is 83.8 Å². The number of hydrogen-bond acceptors (Lipinski definition) is 6. The number of H-pyrrole nitrogens is 1. The minimum Gasteiger partial charge on any atom is -0.375 e. The van der Waals surface area contributed by atoms with Crippen LogP contribution in [-0.4, -0.2) is 33.4 Å². The third-order valence-corrected chi connectivity index (χ3v) is 3.45. The average Bonchev–Trinajstić information content (AvgIpc) is 2.79. The van der Waals surface area contributed by atoms with Crippen molar-refractivity contribution in [3.63, 3.8) is 0 Å². The zero-order valence-corrected chi connectivity index (χ0v) is 11.0. The van der Waals surface area contributed by atoms with Crippen LogP contribution in [-0.2, 0) is 0 Å². The van der Waals surface area contributed by atoms with Crippen LogP contribution in [0.25, 0.3) is 0 Å². The van der Waals surface area contributed by atoms with Gasteiger partial charge in [0.2, 0.25) is 0 Å². The standard InChI is InChI=1S/C9H14N4O2S2/c1-16-8(7-13(14)15)10-3-2-6-17-9-11-4-5-12-9/h4-5,7,10H,2-3,6H2,1H3,(H,11,12)/b8-7+. The number of aromatic amines is 1. The number of nitrogens with one attached hydrogen (secondary N) is 2. The highest BCUT2D eigenvalue weighted by molar-refractivity contribution is 8.02. The lowest BCUT2D eigenvalue weighted by Gasteiger charge is -2.04. The first-order valence-corrected chi connectivity index (χ1v) is 7.18. The monoisotopic (exact) mass is 274 g/mol. The molecule has 1 rings (SSSR count). The number of imidazole rings is 1. The fourth-order valence-electron chi connectivity index (χ4n) is 1.05. The van der Waals surface area contributed by atoms with E-state index in [2.05, 4.69) is 15.3 Å². The summed E-state index contributed by atoms with van der Waals surface area (Å²) in [4.78, 5) is 16.9. The summed E-state index contributed by atoms with van der Waals surface area (Å²) in [5, 5.41) is 14.8. The highest BCUT2D eigenvalue weighted by Crippen LogP contribution is 2.13. The first-order chi connectivity index (χ1) is 8.22. The largest absolute Gasteiger partial charge is 0.375 e. The number of aromatic nitrogens is 2. The number of thioether (sulfide) groups is 2. The summed E-state index contributed by atoms with van der Waals surface area (Å²) in [5.74, 6) is 0.917. The van der Waals surface area contributed by atoms with Crippen LogP contribution in [0, 0.1) is 10.1 Å². The Labute approximate surface area is 108 Å². The minimum atomic E-state index is -0.448. The molecule has 0 unspecified atom stereocenters. The van der Waals surface area contributed by atoms with Crippen LogP contribution in [0.2, 0.25) is 0 Å². The summed E-state index contributed by atoms with van der Waals surface area (Å²) in [7, 11) is 0. The van der Waals surface area contributed by atoms with Crippen molar-refractivity contribution in [3.8, 4) is 0 Å². The van der Waals surface area contributed by atoms with E-state index in [9.17, 15) is 10.1 Å². The molecule has 2 N–H and O–H groups in total. The molecule has 94 valence electrons. The van der Waals surface area contributed by atoms with Gasteiger partial charge in [-0.25, -0.2) is 4.98 Å². The quantitative estimate of drug-likeness (QED) is 0.326. The van der Waals surface area contributed by atoms with Crippen LogP contribution in [0.3, 0.4) is 0 Å². The van der Waals surface area contributed by atoms with Crippen LogP contribution in [0.5, 0.6) is 0 Å². The Kier molecular flexibility index (Phi) is 6.56. The molecular weight excluding hydrogens is 260 g/mol. The summed E-state index contributed by atoms with van der Waals surface area (Å²) < 4.78 is 0. The van der Waals surface area contributed by atoms with Gasteiger partial charge in [0.25, 0.3) is 6.20 Å². The van der Waals surface area contributed by atoms with Crippen LogP contribution >= 0.6 is 23.5 Å². The fourth-order valence-corrected chi connectivity index (χ4v) is 2.26. The minimum absolute atomic E-state index is 0.448. The van der Waals surface area contributed by atoms with Gasteiger partial charge in [0.15, 0.2) is 5.16 Å². The van der Waals surface area contributed by atoms with Crippen molar-refractivity contribution in [1.29, 1.82) is 0 Å². The summed E-state index contributed by atoms with van der Waals surface area (Å²) in [6, 6.07) is 0. The van der Waals surface area contributed by atoms with Gasteiger partial charge in [0.05, 0.1) is 4.92 Å². The highest BCUT2D eigenvalue weighted by atomic mass is 32.2. The van der Waals surface area contributed by atoms with Gasteiger partial charge in [0, 0.05) is 24.7 Å². The van der Waals surface area contributed by atoms with E-state index < -0.39 is 4.92 Å². The molecular formula is C9H14N4O2S2. The summed E-state index contributed by atoms with van der Waals surface area (Å²) >= 11 is 2.97. The van der Waals surface area contributed by atoms with Crippen LogP contribution in [0.1, 0.15) is 6.42 Å².